The second-order valence-electron chi connectivity index (χ2n) is 4.96. The Bertz CT molecular complexity index is 493. The number of methoxy groups -OCH3 is 1. The van der Waals surface area contributed by atoms with Crippen molar-refractivity contribution in [3.05, 3.63) is 54.0 Å². The van der Waals surface area contributed by atoms with Crippen LogP contribution in [0.15, 0.2) is 47.1 Å². The third-order valence-corrected chi connectivity index (χ3v) is 3.55. The zero-order chi connectivity index (χ0) is 14.2. The van der Waals surface area contributed by atoms with E-state index in [0.717, 1.165) is 24.5 Å². The molecular weight excluding hydrogens is 250 g/mol. The monoisotopic (exact) mass is 274 g/mol. The van der Waals surface area contributed by atoms with E-state index in [9.17, 15) is 0 Å². The molecule has 20 heavy (non-hydrogen) atoms. The van der Waals surface area contributed by atoms with E-state index in [1.54, 1.807) is 13.4 Å². The molecule has 0 saturated heterocycles. The Morgan fingerprint density at radius 1 is 1.15 bits per heavy atom. The van der Waals surface area contributed by atoms with Crippen LogP contribution in [0.4, 0.5) is 0 Å². The van der Waals surface area contributed by atoms with E-state index in [-0.39, 0.29) is 5.92 Å². The summed E-state index contributed by atoms with van der Waals surface area (Å²) in [5, 5.41) is 2.37. The molecule has 108 valence electrons. The molecule has 1 heterocycles. The van der Waals surface area contributed by atoms with Crippen molar-refractivity contribution in [2.24, 2.45) is 0 Å². The van der Waals surface area contributed by atoms with Crippen LogP contribution in [0.3, 0.4) is 0 Å². The number of benzene rings is 1. The second kappa shape index (κ2) is 7.75. The molecule has 1 aromatic heterocycles. The van der Waals surface area contributed by atoms with Gasteiger partial charge in [0.15, 0.2) is 0 Å². The smallest absolute Gasteiger partial charge is 0.122 e. The van der Waals surface area contributed by atoms with Crippen molar-refractivity contribution < 1.29 is 14.5 Å². The van der Waals surface area contributed by atoms with E-state index >= 15 is 0 Å². The molecule has 0 aliphatic rings. The maximum absolute atomic E-state index is 5.64. The van der Waals surface area contributed by atoms with Gasteiger partial charge in [-0.15, -0.1) is 0 Å². The molecule has 3 heteroatoms. The zero-order valence-electron chi connectivity index (χ0n) is 12.3. The van der Waals surface area contributed by atoms with Crippen molar-refractivity contribution in [1.29, 1.82) is 0 Å². The number of rotatable bonds is 8. The van der Waals surface area contributed by atoms with Gasteiger partial charge in [-0.05, 0) is 24.6 Å². The summed E-state index contributed by atoms with van der Waals surface area (Å²) < 4.78 is 11.1. The van der Waals surface area contributed by atoms with Gasteiger partial charge in [0, 0.05) is 12.0 Å². The van der Waals surface area contributed by atoms with Crippen LogP contribution < -0.4 is 10.1 Å². The lowest BCUT2D eigenvalue weighted by molar-refractivity contribution is -0.655. The molecule has 1 aromatic carbocycles. The third kappa shape index (κ3) is 3.64. The SMILES string of the molecule is CCC[NH2+]CC[C@H](c1ccco1)c1ccccc1OC. The number of hydrogen-bond donors (Lipinski definition) is 1. The summed E-state index contributed by atoms with van der Waals surface area (Å²) in [6.07, 6.45) is 4.00. The highest BCUT2D eigenvalue weighted by Gasteiger charge is 2.20. The first-order valence-electron chi connectivity index (χ1n) is 7.34. The third-order valence-electron chi connectivity index (χ3n) is 3.55. The molecule has 0 spiro atoms. The lowest BCUT2D eigenvalue weighted by Crippen LogP contribution is -2.84. The molecule has 0 bridgehead atoms. The van der Waals surface area contributed by atoms with Crippen molar-refractivity contribution in [3.63, 3.8) is 0 Å². The van der Waals surface area contributed by atoms with Gasteiger partial charge in [0.05, 0.1) is 32.4 Å². The summed E-state index contributed by atoms with van der Waals surface area (Å²) in [5.41, 5.74) is 1.20. The molecule has 0 amide bonds. The minimum absolute atomic E-state index is 0.259. The van der Waals surface area contributed by atoms with Crippen molar-refractivity contribution in [3.8, 4) is 5.75 Å². The predicted molar refractivity (Wildman–Crippen MR) is 80.1 cm³/mol. The Labute approximate surface area is 121 Å². The maximum Gasteiger partial charge on any atom is 0.122 e. The topological polar surface area (TPSA) is 39.0 Å². The first-order valence-corrected chi connectivity index (χ1v) is 7.34. The molecule has 1 atom stereocenters. The highest BCUT2D eigenvalue weighted by molar-refractivity contribution is 5.39. The highest BCUT2D eigenvalue weighted by Crippen LogP contribution is 2.33. The summed E-state index contributed by atoms with van der Waals surface area (Å²) in [6, 6.07) is 12.2. The van der Waals surface area contributed by atoms with Crippen LogP contribution in [-0.4, -0.2) is 20.2 Å². The van der Waals surface area contributed by atoms with Crippen LogP contribution in [0.5, 0.6) is 5.75 Å². The van der Waals surface area contributed by atoms with E-state index in [1.165, 1.54) is 18.5 Å². The average Bonchev–Trinajstić information content (AvgIpc) is 3.01. The second-order valence-corrected chi connectivity index (χ2v) is 4.96. The minimum atomic E-state index is 0.259. The van der Waals surface area contributed by atoms with Crippen LogP contribution in [0.1, 0.15) is 37.0 Å². The number of furan rings is 1. The molecule has 0 unspecified atom stereocenters. The fraction of sp³-hybridized carbons (Fsp3) is 0.412. The van der Waals surface area contributed by atoms with Gasteiger partial charge in [-0.3, -0.25) is 0 Å². The summed E-state index contributed by atoms with van der Waals surface area (Å²) in [6.45, 7) is 4.48. The average molecular weight is 274 g/mol. The molecule has 0 aliphatic carbocycles. The van der Waals surface area contributed by atoms with E-state index in [1.807, 2.05) is 18.2 Å². The lowest BCUT2D eigenvalue weighted by atomic mass is 9.92. The number of ether oxygens (including phenoxy) is 1. The molecule has 0 saturated carbocycles. The van der Waals surface area contributed by atoms with Crippen molar-refractivity contribution in [2.75, 3.05) is 20.2 Å². The summed E-state index contributed by atoms with van der Waals surface area (Å²) >= 11 is 0. The number of hydrogen-bond acceptors (Lipinski definition) is 2. The Hall–Kier alpha value is -1.74. The van der Waals surface area contributed by atoms with E-state index < -0.39 is 0 Å². The summed E-state index contributed by atoms with van der Waals surface area (Å²) in [7, 11) is 1.72. The van der Waals surface area contributed by atoms with Crippen LogP contribution in [0.2, 0.25) is 0 Å². The Balaban J connectivity index is 2.18. The molecular formula is C17H24NO2+. The van der Waals surface area contributed by atoms with Gasteiger partial charge in [0.25, 0.3) is 0 Å². The van der Waals surface area contributed by atoms with E-state index in [2.05, 4.69) is 30.4 Å². The number of para-hydroxylation sites is 1. The van der Waals surface area contributed by atoms with Crippen LogP contribution in [0, 0.1) is 0 Å². The standard InChI is InChI=1S/C17H23NO2/c1-3-11-18-12-10-15(17-9-6-13-20-17)14-7-4-5-8-16(14)19-2/h4-9,13,15,18H,3,10-12H2,1-2H3/p+1/t15-/m0/s1. The van der Waals surface area contributed by atoms with Gasteiger partial charge in [0.2, 0.25) is 0 Å². The molecule has 2 rings (SSSR count). The van der Waals surface area contributed by atoms with Gasteiger partial charge in [-0.25, -0.2) is 0 Å². The Kier molecular flexibility index (Phi) is 5.69. The van der Waals surface area contributed by atoms with Crippen molar-refractivity contribution in [2.45, 2.75) is 25.7 Å². The quantitative estimate of drug-likeness (QED) is 0.752. The first kappa shape index (κ1) is 14.7. The molecule has 0 aliphatic heterocycles. The summed E-state index contributed by atoms with van der Waals surface area (Å²) in [5.74, 6) is 2.21. The lowest BCUT2D eigenvalue weighted by Gasteiger charge is -2.17. The Morgan fingerprint density at radius 2 is 2.00 bits per heavy atom. The minimum Gasteiger partial charge on any atom is -0.496 e. The molecule has 0 fully saturated rings. The largest absolute Gasteiger partial charge is 0.496 e. The number of quaternary nitrogens is 1. The van der Waals surface area contributed by atoms with Crippen LogP contribution >= 0.6 is 0 Å². The van der Waals surface area contributed by atoms with E-state index in [0.29, 0.717) is 0 Å². The maximum atomic E-state index is 5.64. The normalized spacial score (nSPS) is 12.3. The van der Waals surface area contributed by atoms with Crippen molar-refractivity contribution in [1.82, 2.24) is 0 Å². The van der Waals surface area contributed by atoms with Crippen LogP contribution in [-0.2, 0) is 0 Å². The van der Waals surface area contributed by atoms with E-state index in [4.69, 9.17) is 9.15 Å². The molecule has 2 aromatic rings. The van der Waals surface area contributed by atoms with Gasteiger partial charge in [-0.1, -0.05) is 25.1 Å². The Morgan fingerprint density at radius 3 is 2.70 bits per heavy atom. The van der Waals surface area contributed by atoms with Gasteiger partial charge < -0.3 is 14.5 Å². The number of nitrogens with two attached hydrogens (primary N) is 1. The fourth-order valence-corrected chi connectivity index (χ4v) is 2.53. The predicted octanol–water partition coefficient (Wildman–Crippen LogP) is 2.78. The van der Waals surface area contributed by atoms with Gasteiger partial charge >= 0.3 is 0 Å². The van der Waals surface area contributed by atoms with Crippen LogP contribution in [0.25, 0.3) is 0 Å². The van der Waals surface area contributed by atoms with Gasteiger partial charge in [-0.2, -0.15) is 0 Å². The van der Waals surface area contributed by atoms with Crippen molar-refractivity contribution >= 4 is 0 Å². The fourth-order valence-electron chi connectivity index (χ4n) is 2.53. The molecule has 0 radical (unpaired) electrons. The zero-order valence-corrected chi connectivity index (χ0v) is 12.3. The first-order chi connectivity index (χ1) is 9.86. The summed E-state index contributed by atoms with van der Waals surface area (Å²) in [4.78, 5) is 0. The molecule has 2 N–H and O–H groups in total. The molecule has 3 nitrogen and oxygen atoms in total. The van der Waals surface area contributed by atoms with Gasteiger partial charge in [0.1, 0.15) is 11.5 Å². The highest BCUT2D eigenvalue weighted by atomic mass is 16.5.